The summed E-state index contributed by atoms with van der Waals surface area (Å²) in [4.78, 5) is 32.5. The molecule has 6 nitrogen and oxygen atoms in total. The van der Waals surface area contributed by atoms with Crippen LogP contribution in [-0.4, -0.2) is 45.4 Å². The van der Waals surface area contributed by atoms with E-state index in [4.69, 9.17) is 27.9 Å². The summed E-state index contributed by atoms with van der Waals surface area (Å²) < 4.78 is 7.09. The smallest absolute Gasteiger partial charge is 0.372 e. The number of aromatic nitrogens is 2. The second-order valence-corrected chi connectivity index (χ2v) is 10.5. The minimum Gasteiger partial charge on any atom is -0.372 e. The molecule has 2 aromatic carbocycles. The summed E-state index contributed by atoms with van der Waals surface area (Å²) in [5.74, 6) is 2.83. The lowest BCUT2D eigenvalue weighted by Gasteiger charge is -2.14. The Bertz CT molecular complexity index is 1240. The van der Waals surface area contributed by atoms with Gasteiger partial charge in [-0.15, -0.1) is 4.58 Å². The number of H-pyrrole nitrogens is 1. The van der Waals surface area contributed by atoms with Crippen molar-refractivity contribution < 1.29 is 14.1 Å². The lowest BCUT2D eigenvalue weighted by Crippen LogP contribution is -2.26. The van der Waals surface area contributed by atoms with Gasteiger partial charge in [-0.2, -0.15) is 4.79 Å². The molecule has 2 heterocycles. The van der Waals surface area contributed by atoms with Crippen LogP contribution >= 0.6 is 44.8 Å². The van der Waals surface area contributed by atoms with Crippen LogP contribution in [0.4, 0.5) is 4.79 Å². The number of carbonyl (C=O) groups is 1. The van der Waals surface area contributed by atoms with Gasteiger partial charge in [0.05, 0.1) is 16.5 Å². The maximum Gasteiger partial charge on any atom is 0.601 e. The number of carbonyl (C=O) groups excluding carboxylic acids is 1. The summed E-state index contributed by atoms with van der Waals surface area (Å²) in [7, 11) is 5.32. The van der Waals surface area contributed by atoms with Crippen molar-refractivity contribution in [2.24, 2.45) is 5.92 Å². The molecule has 31 heavy (non-hydrogen) atoms. The molecule has 10 heteroatoms. The molecule has 1 aromatic heterocycles. The number of nitrogens with zero attached hydrogens (tertiary/aromatic N) is 2. The van der Waals surface area contributed by atoms with Gasteiger partial charge in [-0.25, -0.2) is 4.98 Å². The highest BCUT2D eigenvalue weighted by atomic mass is 35.5. The molecular weight excluding hydrogens is 477 g/mol. The third kappa shape index (κ3) is 5.26. The van der Waals surface area contributed by atoms with Crippen molar-refractivity contribution in [3.63, 3.8) is 0 Å². The molecule has 0 aliphatic carbocycles. The lowest BCUT2D eigenvalue weighted by molar-refractivity contribution is -0.405. The highest BCUT2D eigenvalue weighted by Gasteiger charge is 2.23. The van der Waals surface area contributed by atoms with Gasteiger partial charge in [0, 0.05) is 27.5 Å². The number of aromatic amines is 1. The Balaban J connectivity index is 1.67. The van der Waals surface area contributed by atoms with Crippen molar-refractivity contribution in [2.75, 3.05) is 18.6 Å². The highest BCUT2D eigenvalue weighted by Crippen LogP contribution is 2.33. The average Bonchev–Trinajstić information content (AvgIpc) is 2.76. The first-order chi connectivity index (χ1) is 14.9. The van der Waals surface area contributed by atoms with Crippen LogP contribution in [0.25, 0.3) is 22.3 Å². The van der Waals surface area contributed by atoms with Crippen molar-refractivity contribution in [1.82, 2.24) is 9.97 Å². The number of ether oxygens (including phenoxy) is 1. The standard InChI is InChI=1S/C21H17Cl2N3O3S2/c1-26(10-12-6-7-30-31-11-12)21(28)29-18-5-3-14(23)9-16(18)19-24-17-4-2-13(22)8-15(17)20(27)25-19/h2-5,8-10,12H,6-7,11H2,1H3/p+1/b26-10-. The second-order valence-electron chi connectivity index (χ2n) is 7.00. The number of hydrogen-bond acceptors (Lipinski definition) is 6. The first-order valence-corrected chi connectivity index (χ1v) is 12.7. The lowest BCUT2D eigenvalue weighted by atomic mass is 10.1. The third-order valence-electron chi connectivity index (χ3n) is 4.72. The molecule has 160 valence electrons. The molecule has 1 fully saturated rings. The maximum absolute atomic E-state index is 12.7. The predicted octanol–water partition coefficient (Wildman–Crippen LogP) is 5.51. The van der Waals surface area contributed by atoms with Gasteiger partial charge in [-0.1, -0.05) is 44.8 Å². The zero-order valence-electron chi connectivity index (χ0n) is 16.4. The summed E-state index contributed by atoms with van der Waals surface area (Å²) in [6.07, 6.45) is 2.39. The summed E-state index contributed by atoms with van der Waals surface area (Å²) in [5.41, 5.74) is 0.532. The summed E-state index contributed by atoms with van der Waals surface area (Å²) in [6, 6.07) is 9.68. The molecule has 0 saturated carbocycles. The van der Waals surface area contributed by atoms with Crippen LogP contribution < -0.4 is 10.3 Å². The normalized spacial score (nSPS) is 17.0. The number of rotatable bonds is 3. The van der Waals surface area contributed by atoms with E-state index in [-0.39, 0.29) is 17.1 Å². The first-order valence-electron chi connectivity index (χ1n) is 9.44. The van der Waals surface area contributed by atoms with E-state index in [0.717, 1.165) is 17.9 Å². The largest absolute Gasteiger partial charge is 0.601 e. The molecule has 1 aliphatic rings. The summed E-state index contributed by atoms with van der Waals surface area (Å²) >= 11 is 12.2. The Morgan fingerprint density at radius 3 is 2.77 bits per heavy atom. The van der Waals surface area contributed by atoms with Crippen molar-refractivity contribution in [3.8, 4) is 17.1 Å². The van der Waals surface area contributed by atoms with Crippen LogP contribution in [-0.2, 0) is 0 Å². The minimum atomic E-state index is -0.526. The number of fused-ring (bicyclic) bond motifs is 1. The molecule has 1 amide bonds. The maximum atomic E-state index is 12.7. The predicted molar refractivity (Wildman–Crippen MR) is 129 cm³/mol. The number of hydrogen-bond donors (Lipinski definition) is 1. The summed E-state index contributed by atoms with van der Waals surface area (Å²) in [5, 5.41) is 1.24. The first kappa shape index (κ1) is 22.2. The fraction of sp³-hybridized carbons (Fsp3) is 0.238. The van der Waals surface area contributed by atoms with E-state index in [1.807, 2.05) is 17.0 Å². The highest BCUT2D eigenvalue weighted by molar-refractivity contribution is 8.76. The monoisotopic (exact) mass is 494 g/mol. The van der Waals surface area contributed by atoms with Crippen LogP contribution in [0.1, 0.15) is 6.42 Å². The zero-order valence-corrected chi connectivity index (χ0v) is 19.6. The van der Waals surface area contributed by atoms with E-state index in [0.29, 0.717) is 32.4 Å². The van der Waals surface area contributed by atoms with E-state index in [1.165, 1.54) is 4.58 Å². The van der Waals surface area contributed by atoms with E-state index in [1.54, 1.807) is 54.2 Å². The Hall–Kier alpha value is -2.00. The van der Waals surface area contributed by atoms with Gasteiger partial charge in [-0.05, 0) is 42.8 Å². The zero-order chi connectivity index (χ0) is 22.0. The third-order valence-corrected chi connectivity index (χ3v) is 7.73. The molecule has 1 aliphatic heterocycles. The number of amides is 1. The van der Waals surface area contributed by atoms with Gasteiger partial charge in [0.1, 0.15) is 18.6 Å². The fourth-order valence-corrected chi connectivity index (χ4v) is 5.99. The molecule has 4 rings (SSSR count). The van der Waals surface area contributed by atoms with Gasteiger partial charge in [0.2, 0.25) is 0 Å². The Kier molecular flexibility index (Phi) is 6.91. The molecule has 0 bridgehead atoms. The second kappa shape index (κ2) is 9.65. The number of halogens is 2. The molecule has 1 N–H and O–H groups in total. The molecule has 1 saturated heterocycles. The van der Waals surface area contributed by atoms with Crippen molar-refractivity contribution in [2.45, 2.75) is 6.42 Å². The van der Waals surface area contributed by atoms with Gasteiger partial charge in [0.15, 0.2) is 6.21 Å². The van der Waals surface area contributed by atoms with Gasteiger partial charge >= 0.3 is 6.09 Å². The molecule has 1 atom stereocenters. The van der Waals surface area contributed by atoms with Crippen molar-refractivity contribution in [1.29, 1.82) is 0 Å². The van der Waals surface area contributed by atoms with Gasteiger partial charge in [0.25, 0.3) is 5.56 Å². The molecule has 1 unspecified atom stereocenters. The average molecular weight is 495 g/mol. The van der Waals surface area contributed by atoms with Crippen molar-refractivity contribution >= 4 is 68.0 Å². The topological polar surface area (TPSA) is 75.1 Å². The summed E-state index contributed by atoms with van der Waals surface area (Å²) in [6.45, 7) is 0. The quantitative estimate of drug-likeness (QED) is 0.294. The van der Waals surface area contributed by atoms with Crippen LogP contribution in [0.5, 0.6) is 5.75 Å². The van der Waals surface area contributed by atoms with E-state index < -0.39 is 6.09 Å². The van der Waals surface area contributed by atoms with Crippen molar-refractivity contribution in [3.05, 3.63) is 56.8 Å². The van der Waals surface area contributed by atoms with Crippen LogP contribution in [0.3, 0.4) is 0 Å². The number of nitrogens with one attached hydrogen (secondary N) is 1. The SMILES string of the molecule is C/[N+](=C/C1CCSSC1)C(=O)Oc1ccc(Cl)cc1-c1nc2ccc(Cl)cc2c(=O)[nH]1. The number of benzene rings is 2. The van der Waals surface area contributed by atoms with Crippen LogP contribution in [0.15, 0.2) is 41.2 Å². The van der Waals surface area contributed by atoms with Crippen LogP contribution in [0, 0.1) is 5.92 Å². The minimum absolute atomic E-state index is 0.248. The van der Waals surface area contributed by atoms with E-state index >= 15 is 0 Å². The Morgan fingerprint density at radius 2 is 2.00 bits per heavy atom. The van der Waals surface area contributed by atoms with Crippen LogP contribution in [0.2, 0.25) is 10.0 Å². The molecule has 0 spiro atoms. The Morgan fingerprint density at radius 1 is 1.23 bits per heavy atom. The van der Waals surface area contributed by atoms with Gasteiger partial charge in [-0.3, -0.25) is 4.79 Å². The van der Waals surface area contributed by atoms with Gasteiger partial charge < -0.3 is 9.72 Å². The molecule has 0 radical (unpaired) electrons. The van der Waals surface area contributed by atoms with E-state index in [2.05, 4.69) is 9.97 Å². The molecular formula is C21H18Cl2N3O3S2+. The molecule has 3 aromatic rings. The van der Waals surface area contributed by atoms with E-state index in [9.17, 15) is 9.59 Å². The Labute approximate surface area is 196 Å². The fourth-order valence-electron chi connectivity index (χ4n) is 3.15.